The largest absolute Gasteiger partial charge is 0.474 e. The first-order valence-electron chi connectivity index (χ1n) is 11.8. The lowest BCUT2D eigenvalue weighted by Crippen LogP contribution is -2.42. The number of carbonyl (C=O) groups excluding carboxylic acids is 1. The maximum absolute atomic E-state index is 14.6. The van der Waals surface area contributed by atoms with E-state index in [0.717, 1.165) is 37.3 Å². The first-order chi connectivity index (χ1) is 16.7. The number of rotatable bonds is 9. The first kappa shape index (κ1) is 26.2. The van der Waals surface area contributed by atoms with Gasteiger partial charge < -0.3 is 24.8 Å². The number of halogens is 1. The molecule has 1 aromatic heterocycles. The van der Waals surface area contributed by atoms with E-state index in [9.17, 15) is 14.4 Å². The minimum absolute atomic E-state index is 0.0105. The number of anilines is 1. The summed E-state index contributed by atoms with van der Waals surface area (Å²) in [5.41, 5.74) is 0.532. The number of pyridine rings is 1. The van der Waals surface area contributed by atoms with Crippen LogP contribution in [-0.2, 0) is 16.1 Å². The van der Waals surface area contributed by atoms with Gasteiger partial charge in [0.25, 0.3) is 0 Å². The third kappa shape index (κ3) is 8.72. The van der Waals surface area contributed by atoms with Gasteiger partial charge >= 0.3 is 6.09 Å². The molecule has 0 radical (unpaired) electrons. The highest BCUT2D eigenvalue weighted by molar-refractivity contribution is 5.68. The predicted octanol–water partition coefficient (Wildman–Crippen LogP) is 4.94. The van der Waals surface area contributed by atoms with Crippen molar-refractivity contribution >= 4 is 11.9 Å². The van der Waals surface area contributed by atoms with E-state index >= 15 is 0 Å². The summed E-state index contributed by atoms with van der Waals surface area (Å²) in [5.74, 6) is -0.490. The summed E-state index contributed by atoms with van der Waals surface area (Å²) in [7, 11) is 0. The van der Waals surface area contributed by atoms with E-state index in [1.807, 2.05) is 57.2 Å². The second-order valence-electron chi connectivity index (χ2n) is 9.51. The van der Waals surface area contributed by atoms with Crippen LogP contribution in [0.3, 0.4) is 0 Å². The summed E-state index contributed by atoms with van der Waals surface area (Å²) in [5, 5.41) is 15.4. The van der Waals surface area contributed by atoms with Gasteiger partial charge in [-0.15, -0.1) is 0 Å². The van der Waals surface area contributed by atoms with E-state index < -0.39 is 17.5 Å². The number of alkyl carbamates (subject to hydrolysis) is 1. The van der Waals surface area contributed by atoms with Crippen LogP contribution in [0.4, 0.5) is 15.0 Å². The van der Waals surface area contributed by atoms with Gasteiger partial charge in [0.1, 0.15) is 23.8 Å². The molecule has 1 heterocycles. The molecule has 1 aliphatic carbocycles. The molecular formula is C26H33FN4O4. The summed E-state index contributed by atoms with van der Waals surface area (Å²) in [6.45, 7) is 6.40. The van der Waals surface area contributed by atoms with E-state index in [4.69, 9.17) is 14.2 Å². The molecule has 188 valence electrons. The number of nitrogens with one attached hydrogen (secondary N) is 2. The molecule has 2 aromatic rings. The van der Waals surface area contributed by atoms with Crippen molar-refractivity contribution in [2.45, 2.75) is 70.7 Å². The molecule has 8 nitrogen and oxygen atoms in total. The quantitative estimate of drug-likeness (QED) is 0.486. The van der Waals surface area contributed by atoms with E-state index in [1.165, 1.54) is 0 Å². The molecule has 3 rings (SSSR count). The van der Waals surface area contributed by atoms with Crippen molar-refractivity contribution in [1.29, 1.82) is 5.26 Å². The van der Waals surface area contributed by atoms with Gasteiger partial charge in [-0.05, 0) is 52.0 Å². The molecule has 1 fully saturated rings. The van der Waals surface area contributed by atoms with Crippen molar-refractivity contribution in [2.24, 2.45) is 0 Å². The maximum atomic E-state index is 14.6. The Labute approximate surface area is 205 Å². The predicted molar refractivity (Wildman–Crippen MR) is 130 cm³/mol. The average molecular weight is 485 g/mol. The van der Waals surface area contributed by atoms with Crippen LogP contribution in [0.15, 0.2) is 36.4 Å². The zero-order chi connectivity index (χ0) is 25.3. The Morgan fingerprint density at radius 1 is 1.14 bits per heavy atom. The fourth-order valence-corrected chi connectivity index (χ4v) is 3.77. The Balaban J connectivity index is 1.48. The Morgan fingerprint density at radius 2 is 1.83 bits per heavy atom. The summed E-state index contributed by atoms with van der Waals surface area (Å²) < 4.78 is 31.1. The standard InChI is InChI=1S/C26H33FN4O4/c1-26(2,3)35-25(32)30-21-11-9-20(10-12-21)29-23-22(27)15-19(16-28)24(31-23)34-14-13-33-17-18-7-5-4-6-8-18/h4-8,15,20-21H,9-14,17H2,1-3H3,(H,29,31)(H,30,32). The molecule has 35 heavy (non-hydrogen) atoms. The first-order valence-corrected chi connectivity index (χ1v) is 11.8. The molecule has 0 unspecified atom stereocenters. The average Bonchev–Trinajstić information content (AvgIpc) is 2.81. The van der Waals surface area contributed by atoms with Crippen molar-refractivity contribution in [1.82, 2.24) is 10.3 Å². The molecular weight excluding hydrogens is 451 g/mol. The van der Waals surface area contributed by atoms with Gasteiger partial charge in [-0.1, -0.05) is 30.3 Å². The van der Waals surface area contributed by atoms with Crippen molar-refractivity contribution in [3.8, 4) is 11.9 Å². The smallest absolute Gasteiger partial charge is 0.407 e. The lowest BCUT2D eigenvalue weighted by molar-refractivity contribution is 0.0492. The van der Waals surface area contributed by atoms with E-state index in [2.05, 4.69) is 15.6 Å². The molecule has 1 amide bonds. The summed E-state index contributed by atoms with van der Waals surface area (Å²) in [4.78, 5) is 16.2. The van der Waals surface area contributed by atoms with Crippen LogP contribution in [0.2, 0.25) is 0 Å². The summed E-state index contributed by atoms with van der Waals surface area (Å²) >= 11 is 0. The van der Waals surface area contributed by atoms with E-state index in [1.54, 1.807) is 0 Å². The molecule has 0 saturated heterocycles. The van der Waals surface area contributed by atoms with Gasteiger partial charge in [-0.3, -0.25) is 0 Å². The number of nitrogens with zero attached hydrogens (tertiary/aromatic N) is 2. The maximum Gasteiger partial charge on any atom is 0.407 e. The fourth-order valence-electron chi connectivity index (χ4n) is 3.77. The SMILES string of the molecule is CC(C)(C)OC(=O)NC1CCC(Nc2nc(OCCOCc3ccccc3)c(C#N)cc2F)CC1. The van der Waals surface area contributed by atoms with Gasteiger partial charge in [-0.25, -0.2) is 9.18 Å². The number of hydrogen-bond donors (Lipinski definition) is 2. The number of ether oxygens (including phenoxy) is 3. The van der Waals surface area contributed by atoms with Crippen molar-refractivity contribution < 1.29 is 23.4 Å². The van der Waals surface area contributed by atoms with Crippen LogP contribution in [0, 0.1) is 17.1 Å². The van der Waals surface area contributed by atoms with Gasteiger partial charge in [0.2, 0.25) is 5.88 Å². The lowest BCUT2D eigenvalue weighted by Gasteiger charge is -2.30. The van der Waals surface area contributed by atoms with Crippen LogP contribution >= 0.6 is 0 Å². The van der Waals surface area contributed by atoms with Gasteiger partial charge in [0.15, 0.2) is 11.6 Å². The van der Waals surface area contributed by atoms with Crippen LogP contribution in [-0.4, -0.2) is 42.0 Å². The minimum atomic E-state index is -0.608. The lowest BCUT2D eigenvalue weighted by atomic mass is 9.91. The molecule has 1 aromatic carbocycles. The molecule has 0 bridgehead atoms. The van der Waals surface area contributed by atoms with E-state index in [0.29, 0.717) is 13.2 Å². The van der Waals surface area contributed by atoms with E-state index in [-0.39, 0.29) is 36.0 Å². The molecule has 0 spiro atoms. The molecule has 0 atom stereocenters. The van der Waals surface area contributed by atoms with Crippen molar-refractivity contribution in [3.63, 3.8) is 0 Å². The number of carbonyl (C=O) groups is 1. The highest BCUT2D eigenvalue weighted by atomic mass is 19.1. The second kappa shape index (κ2) is 12.4. The number of benzene rings is 1. The van der Waals surface area contributed by atoms with Crippen LogP contribution < -0.4 is 15.4 Å². The molecule has 9 heteroatoms. The number of aromatic nitrogens is 1. The Kier molecular flexibility index (Phi) is 9.26. The Hall–Kier alpha value is -3.38. The summed E-state index contributed by atoms with van der Waals surface area (Å²) in [6, 6.07) is 12.8. The normalized spacial score (nSPS) is 17.8. The summed E-state index contributed by atoms with van der Waals surface area (Å²) in [6.07, 6.45) is 2.49. The Morgan fingerprint density at radius 3 is 2.49 bits per heavy atom. The third-order valence-electron chi connectivity index (χ3n) is 5.43. The minimum Gasteiger partial charge on any atom is -0.474 e. The molecule has 2 N–H and O–H groups in total. The molecule has 1 saturated carbocycles. The topological polar surface area (TPSA) is 106 Å². The van der Waals surface area contributed by atoms with Crippen LogP contribution in [0.25, 0.3) is 0 Å². The second-order valence-corrected chi connectivity index (χ2v) is 9.51. The highest BCUT2D eigenvalue weighted by Crippen LogP contribution is 2.26. The van der Waals surface area contributed by atoms with Crippen LogP contribution in [0.1, 0.15) is 57.6 Å². The number of amides is 1. The molecule has 1 aliphatic rings. The van der Waals surface area contributed by atoms with Gasteiger partial charge in [-0.2, -0.15) is 10.2 Å². The van der Waals surface area contributed by atoms with Crippen molar-refractivity contribution in [3.05, 3.63) is 53.3 Å². The van der Waals surface area contributed by atoms with Gasteiger partial charge in [0, 0.05) is 18.2 Å². The zero-order valence-electron chi connectivity index (χ0n) is 20.5. The highest BCUT2D eigenvalue weighted by Gasteiger charge is 2.26. The number of hydrogen-bond acceptors (Lipinski definition) is 7. The zero-order valence-corrected chi connectivity index (χ0v) is 20.5. The Bertz CT molecular complexity index is 1010. The van der Waals surface area contributed by atoms with Crippen LogP contribution in [0.5, 0.6) is 5.88 Å². The molecule has 0 aliphatic heterocycles. The monoisotopic (exact) mass is 484 g/mol. The fraction of sp³-hybridized carbons (Fsp3) is 0.500. The van der Waals surface area contributed by atoms with Crippen molar-refractivity contribution in [2.75, 3.05) is 18.5 Å². The van der Waals surface area contributed by atoms with Gasteiger partial charge in [0.05, 0.1) is 13.2 Å². The third-order valence-corrected chi connectivity index (χ3v) is 5.43. The number of nitriles is 1.